The van der Waals surface area contributed by atoms with Crippen LogP contribution in [0.3, 0.4) is 0 Å². The molecule has 0 amide bonds. The fraction of sp³-hybridized carbons (Fsp3) is 0.353. The lowest BCUT2D eigenvalue weighted by Gasteiger charge is -2.09. The van der Waals surface area contributed by atoms with Crippen LogP contribution in [0.4, 0.5) is 0 Å². The number of sulfone groups is 1. The molecule has 130 valence electrons. The van der Waals surface area contributed by atoms with Crippen LogP contribution in [0.1, 0.15) is 19.5 Å². The molecule has 0 atom stereocenters. The van der Waals surface area contributed by atoms with Crippen molar-refractivity contribution in [3.63, 3.8) is 0 Å². The Kier molecular flexibility index (Phi) is 6.39. The molecule has 0 unspecified atom stereocenters. The molecule has 24 heavy (non-hydrogen) atoms. The van der Waals surface area contributed by atoms with Crippen LogP contribution < -0.4 is 9.47 Å². The summed E-state index contributed by atoms with van der Waals surface area (Å²) in [6, 6.07) is 5.58. The van der Waals surface area contributed by atoms with Gasteiger partial charge in [-0.15, -0.1) is 11.3 Å². The highest BCUT2D eigenvalue weighted by Gasteiger charge is 2.15. The minimum atomic E-state index is -3.18. The normalized spacial score (nSPS) is 11.8. The molecule has 0 saturated heterocycles. The fourth-order valence-electron chi connectivity index (χ4n) is 2.11. The van der Waals surface area contributed by atoms with Crippen LogP contribution in [-0.2, 0) is 15.6 Å². The lowest BCUT2D eigenvalue weighted by Crippen LogP contribution is -2.07. The van der Waals surface area contributed by atoms with Crippen molar-refractivity contribution in [2.24, 2.45) is 0 Å². The van der Waals surface area contributed by atoms with Crippen LogP contribution in [0.2, 0.25) is 0 Å². The van der Waals surface area contributed by atoms with Crippen LogP contribution >= 0.6 is 11.3 Å². The molecule has 0 N–H and O–H groups in total. The SMILES string of the molecule is C/C=C/CS(=O)(=O)Cc1csc(-c2ccc(OCC)c(OC)c2)n1. The Hall–Kier alpha value is -1.86. The van der Waals surface area contributed by atoms with E-state index >= 15 is 0 Å². The number of rotatable bonds is 8. The summed E-state index contributed by atoms with van der Waals surface area (Å²) < 4.78 is 34.8. The lowest BCUT2D eigenvalue weighted by atomic mass is 10.2. The Morgan fingerprint density at radius 2 is 2.08 bits per heavy atom. The molecule has 2 aromatic rings. The molecule has 0 aliphatic rings. The molecule has 0 bridgehead atoms. The van der Waals surface area contributed by atoms with Crippen LogP contribution in [-0.4, -0.2) is 32.9 Å². The summed E-state index contributed by atoms with van der Waals surface area (Å²) in [5.41, 5.74) is 1.43. The van der Waals surface area contributed by atoms with Gasteiger partial charge in [0.2, 0.25) is 0 Å². The number of benzene rings is 1. The summed E-state index contributed by atoms with van der Waals surface area (Å²) in [4.78, 5) is 4.44. The Morgan fingerprint density at radius 3 is 2.75 bits per heavy atom. The summed E-state index contributed by atoms with van der Waals surface area (Å²) in [7, 11) is -1.59. The molecule has 0 aliphatic carbocycles. The molecule has 0 aliphatic heterocycles. The van der Waals surface area contributed by atoms with E-state index in [1.165, 1.54) is 11.3 Å². The van der Waals surface area contributed by atoms with Gasteiger partial charge in [0.25, 0.3) is 0 Å². The standard InChI is InChI=1S/C17H21NO4S2/c1-4-6-9-24(19,20)12-14-11-23-17(18-14)13-7-8-15(22-5-2)16(10-13)21-3/h4,6-8,10-11H,5,9,12H2,1-3H3/b6-4+. The number of hydrogen-bond acceptors (Lipinski definition) is 6. The van der Waals surface area contributed by atoms with E-state index in [9.17, 15) is 8.42 Å². The monoisotopic (exact) mass is 367 g/mol. The van der Waals surface area contributed by atoms with Crippen LogP contribution in [0.5, 0.6) is 11.5 Å². The second-order valence-electron chi connectivity index (χ2n) is 5.07. The molecule has 5 nitrogen and oxygen atoms in total. The molecule has 0 fully saturated rings. The van der Waals surface area contributed by atoms with Crippen molar-refractivity contribution < 1.29 is 17.9 Å². The van der Waals surface area contributed by atoms with Gasteiger partial charge in [0, 0.05) is 10.9 Å². The second kappa shape index (κ2) is 8.30. The third kappa shape index (κ3) is 4.82. The maximum atomic E-state index is 12.0. The number of ether oxygens (including phenoxy) is 2. The minimum absolute atomic E-state index is 0.0350. The maximum absolute atomic E-state index is 12.0. The maximum Gasteiger partial charge on any atom is 0.161 e. The third-order valence-electron chi connectivity index (χ3n) is 3.22. The van der Waals surface area contributed by atoms with Crippen molar-refractivity contribution in [2.75, 3.05) is 19.5 Å². The van der Waals surface area contributed by atoms with Crippen molar-refractivity contribution in [3.8, 4) is 22.1 Å². The van der Waals surface area contributed by atoms with Gasteiger partial charge in [-0.05, 0) is 32.0 Å². The summed E-state index contributed by atoms with van der Waals surface area (Å²) in [6.45, 7) is 4.27. The zero-order valence-electron chi connectivity index (χ0n) is 14.0. The van der Waals surface area contributed by atoms with E-state index in [0.29, 0.717) is 23.8 Å². The molecule has 2 rings (SSSR count). The molecule has 1 heterocycles. The number of methoxy groups -OCH3 is 1. The first-order valence-corrected chi connectivity index (χ1v) is 10.3. The Morgan fingerprint density at radius 1 is 1.29 bits per heavy atom. The van der Waals surface area contributed by atoms with Crippen LogP contribution in [0.25, 0.3) is 10.6 Å². The number of aromatic nitrogens is 1. The van der Waals surface area contributed by atoms with Gasteiger partial charge in [-0.1, -0.05) is 12.2 Å². The highest BCUT2D eigenvalue weighted by molar-refractivity contribution is 7.90. The van der Waals surface area contributed by atoms with E-state index in [1.807, 2.05) is 25.1 Å². The summed E-state index contributed by atoms with van der Waals surface area (Å²) in [5.74, 6) is 1.29. The lowest BCUT2D eigenvalue weighted by molar-refractivity contribution is 0.311. The quantitative estimate of drug-likeness (QED) is 0.666. The Labute approximate surface area is 146 Å². The zero-order chi connectivity index (χ0) is 17.6. The van der Waals surface area contributed by atoms with Gasteiger partial charge in [-0.3, -0.25) is 0 Å². The molecule has 0 saturated carbocycles. The van der Waals surface area contributed by atoms with Crippen molar-refractivity contribution in [1.29, 1.82) is 0 Å². The van der Waals surface area contributed by atoms with E-state index in [2.05, 4.69) is 4.98 Å². The average molecular weight is 367 g/mol. The molecule has 7 heteroatoms. The van der Waals surface area contributed by atoms with Crippen molar-refractivity contribution in [2.45, 2.75) is 19.6 Å². The van der Waals surface area contributed by atoms with Gasteiger partial charge < -0.3 is 9.47 Å². The fourth-order valence-corrected chi connectivity index (χ4v) is 4.23. The number of thiazole rings is 1. The smallest absolute Gasteiger partial charge is 0.161 e. The van der Waals surface area contributed by atoms with Crippen LogP contribution in [0, 0.1) is 0 Å². The molecule has 0 spiro atoms. The minimum Gasteiger partial charge on any atom is -0.493 e. The number of hydrogen-bond donors (Lipinski definition) is 0. The van der Waals surface area contributed by atoms with Gasteiger partial charge in [0.05, 0.1) is 30.9 Å². The third-order valence-corrected chi connectivity index (χ3v) is 5.59. The summed E-state index contributed by atoms with van der Waals surface area (Å²) in [5, 5.41) is 2.54. The highest BCUT2D eigenvalue weighted by Crippen LogP contribution is 2.34. The molecule has 1 aromatic heterocycles. The van der Waals surface area contributed by atoms with E-state index in [-0.39, 0.29) is 11.5 Å². The first-order valence-electron chi connectivity index (χ1n) is 7.56. The van der Waals surface area contributed by atoms with E-state index in [1.54, 1.807) is 31.6 Å². The highest BCUT2D eigenvalue weighted by atomic mass is 32.2. The van der Waals surface area contributed by atoms with Crippen molar-refractivity contribution >= 4 is 21.2 Å². The first-order chi connectivity index (χ1) is 11.5. The number of allylic oxidation sites excluding steroid dienone is 1. The van der Waals surface area contributed by atoms with Crippen molar-refractivity contribution in [1.82, 2.24) is 4.98 Å². The van der Waals surface area contributed by atoms with E-state index in [0.717, 1.165) is 10.6 Å². The second-order valence-corrected chi connectivity index (χ2v) is 8.03. The predicted molar refractivity (Wildman–Crippen MR) is 97.6 cm³/mol. The Bertz CT molecular complexity index is 810. The van der Waals surface area contributed by atoms with Gasteiger partial charge in [0.15, 0.2) is 21.3 Å². The van der Waals surface area contributed by atoms with E-state index < -0.39 is 9.84 Å². The largest absolute Gasteiger partial charge is 0.493 e. The molecular formula is C17H21NO4S2. The average Bonchev–Trinajstić information content (AvgIpc) is 3.01. The van der Waals surface area contributed by atoms with Gasteiger partial charge in [0.1, 0.15) is 5.01 Å². The zero-order valence-corrected chi connectivity index (χ0v) is 15.6. The van der Waals surface area contributed by atoms with E-state index in [4.69, 9.17) is 9.47 Å². The summed E-state index contributed by atoms with van der Waals surface area (Å²) >= 11 is 1.42. The van der Waals surface area contributed by atoms with Gasteiger partial charge >= 0.3 is 0 Å². The van der Waals surface area contributed by atoms with Crippen molar-refractivity contribution in [3.05, 3.63) is 41.4 Å². The topological polar surface area (TPSA) is 65.5 Å². The first kappa shape index (κ1) is 18.5. The summed E-state index contributed by atoms with van der Waals surface area (Å²) in [6.07, 6.45) is 3.37. The molecule has 1 aromatic carbocycles. The van der Waals surface area contributed by atoms with Crippen LogP contribution in [0.15, 0.2) is 35.7 Å². The number of nitrogens with zero attached hydrogens (tertiary/aromatic N) is 1. The van der Waals surface area contributed by atoms with Gasteiger partial charge in [-0.25, -0.2) is 13.4 Å². The van der Waals surface area contributed by atoms with Gasteiger partial charge in [-0.2, -0.15) is 0 Å². The molecular weight excluding hydrogens is 346 g/mol. The Balaban J connectivity index is 2.21. The predicted octanol–water partition coefficient (Wildman–Crippen LogP) is 3.71. The molecule has 0 radical (unpaired) electrons.